The molecule has 1 fully saturated rings. The third-order valence-electron chi connectivity index (χ3n) is 4.04. The first-order chi connectivity index (χ1) is 9.13. The van der Waals surface area contributed by atoms with Gasteiger partial charge in [-0.25, -0.2) is 0 Å². The van der Waals surface area contributed by atoms with Crippen LogP contribution in [0.2, 0.25) is 0 Å². The molecule has 0 amide bonds. The van der Waals surface area contributed by atoms with E-state index in [4.69, 9.17) is 4.74 Å². The van der Waals surface area contributed by atoms with Crippen molar-refractivity contribution in [1.29, 1.82) is 0 Å². The van der Waals surface area contributed by atoms with Crippen LogP contribution in [0.5, 0.6) is 0 Å². The number of rotatable bonds is 5. The van der Waals surface area contributed by atoms with Gasteiger partial charge in [-0.05, 0) is 18.9 Å². The van der Waals surface area contributed by atoms with E-state index in [-0.39, 0.29) is 18.1 Å². The first-order valence-electron chi connectivity index (χ1n) is 6.80. The first kappa shape index (κ1) is 14.5. The van der Waals surface area contributed by atoms with Crippen molar-refractivity contribution in [2.24, 2.45) is 5.92 Å². The summed E-state index contributed by atoms with van der Waals surface area (Å²) in [6.45, 7) is 2.77. The van der Waals surface area contributed by atoms with Gasteiger partial charge in [0.1, 0.15) is 6.10 Å². The second kappa shape index (κ2) is 6.48. The maximum absolute atomic E-state index is 9.97. The third kappa shape index (κ3) is 3.34. The van der Waals surface area contributed by atoms with Crippen LogP contribution in [0.4, 0.5) is 0 Å². The lowest BCUT2D eigenvalue weighted by Gasteiger charge is -2.20. The number of hydrogen-bond acceptors (Lipinski definition) is 4. The molecule has 2 rings (SSSR count). The molecule has 0 spiro atoms. The minimum Gasteiger partial charge on any atom is -0.390 e. The van der Waals surface area contributed by atoms with E-state index in [1.807, 2.05) is 18.2 Å². The lowest BCUT2D eigenvalue weighted by Crippen LogP contribution is -2.35. The number of hydrogen-bond donors (Lipinski definition) is 3. The fraction of sp³-hybridized carbons (Fsp3) is 0.600. The van der Waals surface area contributed by atoms with Crippen LogP contribution in [-0.4, -0.2) is 42.2 Å². The molecule has 1 aliphatic rings. The van der Waals surface area contributed by atoms with Gasteiger partial charge < -0.3 is 20.3 Å². The standard InChI is InChI=1S/C15H23NO3/c1-10(11-6-4-3-5-7-11)16-9-12-8-13(19-2)15(18)14(12)17/h3-7,10,12-18H,8-9H2,1-2H3/t10-,12+,13+,14+,15-/m1/s1. The Hall–Kier alpha value is -0.940. The van der Waals surface area contributed by atoms with Crippen LogP contribution >= 0.6 is 0 Å². The zero-order valence-electron chi connectivity index (χ0n) is 11.5. The van der Waals surface area contributed by atoms with Crippen molar-refractivity contribution in [2.75, 3.05) is 13.7 Å². The van der Waals surface area contributed by atoms with Crippen LogP contribution in [0.3, 0.4) is 0 Å². The molecule has 5 atom stereocenters. The van der Waals surface area contributed by atoms with Crippen molar-refractivity contribution < 1.29 is 14.9 Å². The summed E-state index contributed by atoms with van der Waals surface area (Å²) in [6.07, 6.45) is -1.05. The molecule has 0 saturated heterocycles. The lowest BCUT2D eigenvalue weighted by atomic mass is 10.0. The Morgan fingerprint density at radius 2 is 1.95 bits per heavy atom. The molecular weight excluding hydrogens is 242 g/mol. The predicted octanol–water partition coefficient (Wildman–Crippen LogP) is 1.09. The summed E-state index contributed by atoms with van der Waals surface area (Å²) < 4.78 is 5.18. The molecule has 0 unspecified atom stereocenters. The number of ether oxygens (including phenoxy) is 1. The number of benzene rings is 1. The minimum atomic E-state index is -0.774. The summed E-state index contributed by atoms with van der Waals surface area (Å²) in [5.74, 6) is 0.0334. The maximum Gasteiger partial charge on any atom is 0.106 e. The molecule has 1 aliphatic carbocycles. The molecule has 0 aromatic heterocycles. The van der Waals surface area contributed by atoms with E-state index in [1.54, 1.807) is 7.11 Å². The van der Waals surface area contributed by atoms with Crippen LogP contribution < -0.4 is 5.32 Å². The highest BCUT2D eigenvalue weighted by Crippen LogP contribution is 2.28. The van der Waals surface area contributed by atoms with Crippen molar-refractivity contribution in [3.8, 4) is 0 Å². The molecule has 0 aliphatic heterocycles. The van der Waals surface area contributed by atoms with Crippen molar-refractivity contribution in [3.63, 3.8) is 0 Å². The Bertz CT molecular complexity index is 384. The summed E-state index contributed by atoms with van der Waals surface area (Å²) in [5, 5.41) is 23.2. The molecule has 1 saturated carbocycles. The van der Waals surface area contributed by atoms with Gasteiger partial charge in [0.05, 0.1) is 12.2 Å². The Labute approximate surface area is 114 Å². The Morgan fingerprint density at radius 1 is 1.26 bits per heavy atom. The normalized spacial score (nSPS) is 32.4. The molecule has 4 nitrogen and oxygen atoms in total. The zero-order chi connectivity index (χ0) is 13.8. The number of aliphatic hydroxyl groups is 2. The lowest BCUT2D eigenvalue weighted by molar-refractivity contribution is -0.0413. The molecule has 0 heterocycles. The average Bonchev–Trinajstić information content (AvgIpc) is 2.73. The molecule has 3 N–H and O–H groups in total. The second-order valence-electron chi connectivity index (χ2n) is 5.29. The van der Waals surface area contributed by atoms with Crippen molar-refractivity contribution in [2.45, 2.75) is 37.7 Å². The van der Waals surface area contributed by atoms with E-state index in [0.29, 0.717) is 13.0 Å². The van der Waals surface area contributed by atoms with E-state index in [9.17, 15) is 10.2 Å². The average molecular weight is 265 g/mol. The topological polar surface area (TPSA) is 61.7 Å². The van der Waals surface area contributed by atoms with Crippen LogP contribution in [0.25, 0.3) is 0 Å². The molecule has 1 aromatic rings. The van der Waals surface area contributed by atoms with E-state index >= 15 is 0 Å². The van der Waals surface area contributed by atoms with Gasteiger partial charge in [0, 0.05) is 25.6 Å². The van der Waals surface area contributed by atoms with Crippen LogP contribution in [0, 0.1) is 5.92 Å². The van der Waals surface area contributed by atoms with Gasteiger partial charge in [0.25, 0.3) is 0 Å². The molecule has 0 radical (unpaired) electrons. The summed E-state index contributed by atoms with van der Waals surface area (Å²) >= 11 is 0. The van der Waals surface area contributed by atoms with Crippen molar-refractivity contribution in [3.05, 3.63) is 35.9 Å². The molecule has 4 heteroatoms. The third-order valence-corrected chi connectivity index (χ3v) is 4.04. The van der Waals surface area contributed by atoms with Gasteiger partial charge >= 0.3 is 0 Å². The van der Waals surface area contributed by atoms with Gasteiger partial charge in [0.15, 0.2) is 0 Å². The Morgan fingerprint density at radius 3 is 2.53 bits per heavy atom. The van der Waals surface area contributed by atoms with Crippen LogP contribution in [0.15, 0.2) is 30.3 Å². The minimum absolute atomic E-state index is 0.0334. The molecule has 1 aromatic carbocycles. The van der Waals surface area contributed by atoms with E-state index in [1.165, 1.54) is 5.56 Å². The highest BCUT2D eigenvalue weighted by Gasteiger charge is 2.41. The van der Waals surface area contributed by atoms with Crippen molar-refractivity contribution in [1.82, 2.24) is 5.32 Å². The molecule has 106 valence electrons. The number of methoxy groups -OCH3 is 1. The Balaban J connectivity index is 1.86. The van der Waals surface area contributed by atoms with E-state index in [0.717, 1.165) is 0 Å². The summed E-state index contributed by atoms with van der Waals surface area (Å²) in [6, 6.07) is 10.4. The smallest absolute Gasteiger partial charge is 0.106 e. The molecular formula is C15H23NO3. The summed E-state index contributed by atoms with van der Waals surface area (Å²) in [7, 11) is 1.57. The predicted molar refractivity (Wildman–Crippen MR) is 73.8 cm³/mol. The fourth-order valence-electron chi connectivity index (χ4n) is 2.70. The van der Waals surface area contributed by atoms with Crippen LogP contribution in [0.1, 0.15) is 24.9 Å². The van der Waals surface area contributed by atoms with Gasteiger partial charge in [-0.3, -0.25) is 0 Å². The summed E-state index contributed by atoms with van der Waals surface area (Å²) in [5.41, 5.74) is 1.22. The van der Waals surface area contributed by atoms with E-state index in [2.05, 4.69) is 24.4 Å². The first-order valence-corrected chi connectivity index (χ1v) is 6.80. The SMILES string of the molecule is CO[C@H]1C[C@@H](CN[C@H](C)c2ccccc2)[C@H](O)[C@@H]1O. The monoisotopic (exact) mass is 265 g/mol. The quantitative estimate of drug-likeness (QED) is 0.746. The second-order valence-corrected chi connectivity index (χ2v) is 5.29. The van der Waals surface area contributed by atoms with Crippen LogP contribution in [-0.2, 0) is 4.74 Å². The maximum atomic E-state index is 9.97. The number of aliphatic hydroxyl groups excluding tert-OH is 2. The zero-order valence-corrected chi connectivity index (χ0v) is 11.5. The van der Waals surface area contributed by atoms with Gasteiger partial charge in [-0.15, -0.1) is 0 Å². The molecule has 19 heavy (non-hydrogen) atoms. The highest BCUT2D eigenvalue weighted by molar-refractivity contribution is 5.18. The summed E-state index contributed by atoms with van der Waals surface area (Å²) in [4.78, 5) is 0. The fourth-order valence-corrected chi connectivity index (χ4v) is 2.70. The number of nitrogens with one attached hydrogen (secondary N) is 1. The van der Waals surface area contributed by atoms with Gasteiger partial charge in [-0.1, -0.05) is 30.3 Å². The van der Waals surface area contributed by atoms with E-state index < -0.39 is 12.2 Å². The largest absolute Gasteiger partial charge is 0.390 e. The van der Waals surface area contributed by atoms with Gasteiger partial charge in [0.2, 0.25) is 0 Å². The van der Waals surface area contributed by atoms with Crippen molar-refractivity contribution >= 4 is 0 Å². The van der Waals surface area contributed by atoms with Gasteiger partial charge in [-0.2, -0.15) is 0 Å². The molecule has 0 bridgehead atoms. The highest BCUT2D eigenvalue weighted by atomic mass is 16.5. The Kier molecular flexibility index (Phi) is 4.93.